The third-order valence-electron chi connectivity index (χ3n) is 2.34. The number of hydrogen-bond acceptors (Lipinski definition) is 3. The average molecular weight is 188 g/mol. The molecule has 0 bridgehead atoms. The third-order valence-corrected chi connectivity index (χ3v) is 2.34. The van der Waals surface area contributed by atoms with Crippen molar-refractivity contribution < 1.29 is 14.6 Å². The van der Waals surface area contributed by atoms with E-state index in [1.54, 1.807) is 0 Å². The van der Waals surface area contributed by atoms with E-state index in [2.05, 4.69) is 11.7 Å². The predicted octanol–water partition coefficient (Wildman–Crippen LogP) is 1.74. The SMILES string of the molecule is CC[C@@H](CCO)CCCC(=O)OC. The minimum Gasteiger partial charge on any atom is -0.469 e. The maximum atomic E-state index is 10.8. The van der Waals surface area contributed by atoms with Gasteiger partial charge in [0.1, 0.15) is 0 Å². The number of ether oxygens (including phenoxy) is 1. The molecule has 0 aromatic carbocycles. The molecule has 1 N–H and O–H groups in total. The lowest BCUT2D eigenvalue weighted by molar-refractivity contribution is -0.140. The molecule has 0 radical (unpaired) electrons. The van der Waals surface area contributed by atoms with Crippen LogP contribution < -0.4 is 0 Å². The molecule has 0 fully saturated rings. The number of rotatable bonds is 7. The fourth-order valence-electron chi connectivity index (χ4n) is 1.37. The van der Waals surface area contributed by atoms with Gasteiger partial charge in [-0.3, -0.25) is 4.79 Å². The predicted molar refractivity (Wildman–Crippen MR) is 51.4 cm³/mol. The molecule has 0 rings (SSSR count). The number of hydrogen-bond donors (Lipinski definition) is 1. The molecule has 3 nitrogen and oxygen atoms in total. The number of methoxy groups -OCH3 is 1. The van der Waals surface area contributed by atoms with Gasteiger partial charge in [-0.25, -0.2) is 0 Å². The van der Waals surface area contributed by atoms with Crippen molar-refractivity contribution in [1.29, 1.82) is 0 Å². The van der Waals surface area contributed by atoms with Crippen molar-refractivity contribution >= 4 is 5.97 Å². The van der Waals surface area contributed by atoms with Crippen LogP contribution >= 0.6 is 0 Å². The molecule has 0 aliphatic rings. The Labute approximate surface area is 80.1 Å². The summed E-state index contributed by atoms with van der Waals surface area (Å²) in [6.45, 7) is 2.36. The zero-order chi connectivity index (χ0) is 10.1. The van der Waals surface area contributed by atoms with Crippen molar-refractivity contribution in [2.45, 2.75) is 39.0 Å². The van der Waals surface area contributed by atoms with Crippen molar-refractivity contribution in [1.82, 2.24) is 0 Å². The molecule has 78 valence electrons. The lowest BCUT2D eigenvalue weighted by atomic mass is 9.96. The first kappa shape index (κ1) is 12.4. The van der Waals surface area contributed by atoms with Crippen molar-refractivity contribution in [3.05, 3.63) is 0 Å². The normalized spacial score (nSPS) is 12.5. The molecule has 1 atom stereocenters. The number of carbonyl (C=O) groups excluding carboxylic acids is 1. The first-order valence-corrected chi connectivity index (χ1v) is 4.92. The minimum atomic E-state index is -0.140. The molecular weight excluding hydrogens is 168 g/mol. The summed E-state index contributed by atoms with van der Waals surface area (Å²) in [7, 11) is 1.41. The van der Waals surface area contributed by atoms with Gasteiger partial charge in [0.2, 0.25) is 0 Å². The maximum absolute atomic E-state index is 10.8. The Morgan fingerprint density at radius 2 is 2.15 bits per heavy atom. The highest BCUT2D eigenvalue weighted by Crippen LogP contribution is 2.15. The molecule has 0 saturated heterocycles. The highest BCUT2D eigenvalue weighted by atomic mass is 16.5. The molecule has 0 amide bonds. The van der Waals surface area contributed by atoms with Crippen LogP contribution in [0.2, 0.25) is 0 Å². The van der Waals surface area contributed by atoms with E-state index >= 15 is 0 Å². The van der Waals surface area contributed by atoms with E-state index in [0.29, 0.717) is 12.3 Å². The van der Waals surface area contributed by atoms with Gasteiger partial charge in [0.15, 0.2) is 0 Å². The number of aliphatic hydroxyl groups is 1. The number of aliphatic hydroxyl groups excluding tert-OH is 1. The lowest BCUT2D eigenvalue weighted by Gasteiger charge is -2.11. The first-order valence-electron chi connectivity index (χ1n) is 4.92. The molecule has 0 aliphatic carbocycles. The van der Waals surface area contributed by atoms with Gasteiger partial charge >= 0.3 is 5.97 Å². The van der Waals surface area contributed by atoms with Crippen LogP contribution in [0.5, 0.6) is 0 Å². The summed E-state index contributed by atoms with van der Waals surface area (Å²) in [5.41, 5.74) is 0. The van der Waals surface area contributed by atoms with Gasteiger partial charge in [0.05, 0.1) is 7.11 Å². The Morgan fingerprint density at radius 1 is 1.46 bits per heavy atom. The first-order chi connectivity index (χ1) is 6.24. The topological polar surface area (TPSA) is 46.5 Å². The Morgan fingerprint density at radius 3 is 2.62 bits per heavy atom. The number of carbonyl (C=O) groups is 1. The summed E-state index contributed by atoms with van der Waals surface area (Å²) in [5, 5.41) is 8.73. The summed E-state index contributed by atoms with van der Waals surface area (Å²) in [5.74, 6) is 0.411. The highest BCUT2D eigenvalue weighted by Gasteiger charge is 2.07. The van der Waals surface area contributed by atoms with E-state index in [1.807, 2.05) is 0 Å². The molecule has 0 spiro atoms. The van der Waals surface area contributed by atoms with Crippen molar-refractivity contribution in [3.63, 3.8) is 0 Å². The van der Waals surface area contributed by atoms with Gasteiger partial charge in [-0.05, 0) is 25.2 Å². The van der Waals surface area contributed by atoms with Crippen LogP contribution in [0.25, 0.3) is 0 Å². The Balaban J connectivity index is 3.42. The van der Waals surface area contributed by atoms with Gasteiger partial charge in [-0.15, -0.1) is 0 Å². The smallest absolute Gasteiger partial charge is 0.305 e. The summed E-state index contributed by atoms with van der Waals surface area (Å²) >= 11 is 0. The van der Waals surface area contributed by atoms with E-state index in [9.17, 15) is 4.79 Å². The van der Waals surface area contributed by atoms with E-state index in [4.69, 9.17) is 5.11 Å². The molecular formula is C10H20O3. The molecule has 0 heterocycles. The summed E-state index contributed by atoms with van der Waals surface area (Å²) in [4.78, 5) is 10.8. The van der Waals surface area contributed by atoms with Crippen molar-refractivity contribution in [2.75, 3.05) is 13.7 Å². The average Bonchev–Trinajstić information content (AvgIpc) is 2.16. The van der Waals surface area contributed by atoms with Crippen LogP contribution in [-0.4, -0.2) is 24.8 Å². The fourth-order valence-corrected chi connectivity index (χ4v) is 1.37. The quantitative estimate of drug-likeness (QED) is 0.619. The monoisotopic (exact) mass is 188 g/mol. The Hall–Kier alpha value is -0.570. The van der Waals surface area contributed by atoms with Gasteiger partial charge in [-0.2, -0.15) is 0 Å². The lowest BCUT2D eigenvalue weighted by Crippen LogP contribution is -2.05. The molecule has 13 heavy (non-hydrogen) atoms. The van der Waals surface area contributed by atoms with Gasteiger partial charge in [-0.1, -0.05) is 13.3 Å². The second kappa shape index (κ2) is 8.05. The molecule has 0 unspecified atom stereocenters. The highest BCUT2D eigenvalue weighted by molar-refractivity contribution is 5.68. The molecule has 3 heteroatoms. The van der Waals surface area contributed by atoms with Gasteiger partial charge < -0.3 is 9.84 Å². The van der Waals surface area contributed by atoms with E-state index in [-0.39, 0.29) is 12.6 Å². The Bertz CT molecular complexity index is 134. The van der Waals surface area contributed by atoms with Crippen LogP contribution in [0, 0.1) is 5.92 Å². The van der Waals surface area contributed by atoms with E-state index < -0.39 is 0 Å². The van der Waals surface area contributed by atoms with Crippen LogP contribution in [0.4, 0.5) is 0 Å². The fraction of sp³-hybridized carbons (Fsp3) is 0.900. The summed E-state index contributed by atoms with van der Waals surface area (Å²) < 4.78 is 4.54. The molecule has 0 aromatic rings. The van der Waals surface area contributed by atoms with E-state index in [0.717, 1.165) is 25.7 Å². The van der Waals surface area contributed by atoms with Crippen molar-refractivity contribution in [3.8, 4) is 0 Å². The van der Waals surface area contributed by atoms with Crippen LogP contribution in [-0.2, 0) is 9.53 Å². The Kier molecular flexibility index (Phi) is 7.69. The number of esters is 1. The van der Waals surface area contributed by atoms with Crippen LogP contribution in [0.3, 0.4) is 0 Å². The zero-order valence-electron chi connectivity index (χ0n) is 8.58. The molecule has 0 saturated carbocycles. The van der Waals surface area contributed by atoms with E-state index in [1.165, 1.54) is 7.11 Å². The minimum absolute atomic E-state index is 0.140. The zero-order valence-corrected chi connectivity index (χ0v) is 8.58. The second-order valence-electron chi connectivity index (χ2n) is 3.25. The summed E-state index contributed by atoms with van der Waals surface area (Å²) in [6.07, 6.45) is 4.29. The maximum Gasteiger partial charge on any atom is 0.305 e. The molecule has 0 aromatic heterocycles. The van der Waals surface area contributed by atoms with Crippen LogP contribution in [0.15, 0.2) is 0 Å². The largest absolute Gasteiger partial charge is 0.469 e. The van der Waals surface area contributed by atoms with Crippen molar-refractivity contribution in [2.24, 2.45) is 5.92 Å². The summed E-state index contributed by atoms with van der Waals surface area (Å²) in [6, 6.07) is 0. The van der Waals surface area contributed by atoms with Crippen LogP contribution in [0.1, 0.15) is 39.0 Å². The molecule has 0 aliphatic heterocycles. The third kappa shape index (κ3) is 6.58. The standard InChI is InChI=1S/C10H20O3/c1-3-9(7-8-11)5-4-6-10(12)13-2/h9,11H,3-8H2,1-2H3/t9-/m1/s1. The van der Waals surface area contributed by atoms with Gasteiger partial charge in [0, 0.05) is 13.0 Å². The van der Waals surface area contributed by atoms with Gasteiger partial charge in [0.25, 0.3) is 0 Å². The second-order valence-corrected chi connectivity index (χ2v) is 3.25.